The number of carbonyl (C=O) groups excluding carboxylic acids is 3. The van der Waals surface area contributed by atoms with Gasteiger partial charge in [0.2, 0.25) is 0 Å². The van der Waals surface area contributed by atoms with Crippen LogP contribution < -0.4 is 4.74 Å². The van der Waals surface area contributed by atoms with Crippen molar-refractivity contribution in [3.63, 3.8) is 0 Å². The van der Waals surface area contributed by atoms with E-state index < -0.39 is 5.92 Å². The van der Waals surface area contributed by atoms with E-state index in [0.717, 1.165) is 22.8 Å². The van der Waals surface area contributed by atoms with Crippen molar-refractivity contribution in [2.24, 2.45) is 11.8 Å². The summed E-state index contributed by atoms with van der Waals surface area (Å²) in [6.45, 7) is 1.32. The summed E-state index contributed by atoms with van der Waals surface area (Å²) >= 11 is 1.70. The highest BCUT2D eigenvalue weighted by atomic mass is 32.2. The maximum atomic E-state index is 11.9. The zero-order valence-electron chi connectivity index (χ0n) is 12.8. The Kier molecular flexibility index (Phi) is 5.77. The summed E-state index contributed by atoms with van der Waals surface area (Å²) in [6.07, 6.45) is 1.50. The molecule has 1 fully saturated rings. The summed E-state index contributed by atoms with van der Waals surface area (Å²) in [7, 11) is 1.63. The lowest BCUT2D eigenvalue weighted by Crippen LogP contribution is -2.37. The highest BCUT2D eigenvalue weighted by Gasteiger charge is 2.37. The Morgan fingerprint density at radius 1 is 1.18 bits per heavy atom. The molecular formula is C17H20O4S. The van der Waals surface area contributed by atoms with Crippen LogP contribution in [-0.2, 0) is 14.4 Å². The first-order chi connectivity index (χ1) is 10.5. The van der Waals surface area contributed by atoms with Crippen LogP contribution in [0, 0.1) is 11.8 Å². The van der Waals surface area contributed by atoms with E-state index in [0.29, 0.717) is 12.8 Å². The topological polar surface area (TPSA) is 60.4 Å². The second-order valence-corrected chi connectivity index (χ2v) is 6.73. The van der Waals surface area contributed by atoms with Gasteiger partial charge in [0.25, 0.3) is 0 Å². The van der Waals surface area contributed by atoms with E-state index in [1.54, 1.807) is 18.9 Å². The van der Waals surface area contributed by atoms with Crippen molar-refractivity contribution in [1.82, 2.24) is 0 Å². The second kappa shape index (κ2) is 7.58. The van der Waals surface area contributed by atoms with E-state index in [2.05, 4.69) is 0 Å². The van der Waals surface area contributed by atoms with Crippen LogP contribution >= 0.6 is 11.8 Å². The third kappa shape index (κ3) is 4.19. The van der Waals surface area contributed by atoms with Crippen LogP contribution in [0.5, 0.6) is 5.75 Å². The number of hydrogen-bond acceptors (Lipinski definition) is 5. The molecule has 0 aliphatic heterocycles. The summed E-state index contributed by atoms with van der Waals surface area (Å²) in [5.41, 5.74) is 0. The molecule has 0 amide bonds. The van der Waals surface area contributed by atoms with Gasteiger partial charge in [-0.25, -0.2) is 0 Å². The third-order valence-corrected chi connectivity index (χ3v) is 4.93. The largest absolute Gasteiger partial charge is 0.497 e. The quantitative estimate of drug-likeness (QED) is 0.596. The van der Waals surface area contributed by atoms with E-state index in [4.69, 9.17) is 4.74 Å². The minimum Gasteiger partial charge on any atom is -0.497 e. The Hall–Kier alpha value is -1.62. The first-order valence-electron chi connectivity index (χ1n) is 7.34. The molecule has 1 aromatic carbocycles. The van der Waals surface area contributed by atoms with E-state index in [1.807, 2.05) is 24.3 Å². The van der Waals surface area contributed by atoms with E-state index in [-0.39, 0.29) is 23.3 Å². The SMILES string of the molecule is COc1ccc(SCCC2CC(=O)C(C(C)=O)C(=O)C2)cc1. The third-order valence-electron chi connectivity index (χ3n) is 3.88. The van der Waals surface area contributed by atoms with Crippen molar-refractivity contribution >= 4 is 29.1 Å². The number of methoxy groups -OCH3 is 1. The number of rotatable bonds is 6. The minimum absolute atomic E-state index is 0.0707. The molecule has 1 aliphatic carbocycles. The first-order valence-corrected chi connectivity index (χ1v) is 8.32. The standard InChI is InChI=1S/C17H20O4S/c1-11(18)17-15(19)9-12(10-16(17)20)7-8-22-14-5-3-13(21-2)4-6-14/h3-6,12,17H,7-10H2,1-2H3. The van der Waals surface area contributed by atoms with Gasteiger partial charge in [0.1, 0.15) is 17.5 Å². The molecule has 5 heteroatoms. The van der Waals surface area contributed by atoms with Crippen LogP contribution in [0.2, 0.25) is 0 Å². The molecule has 1 aliphatic rings. The monoisotopic (exact) mass is 320 g/mol. The van der Waals surface area contributed by atoms with Crippen LogP contribution in [0.3, 0.4) is 0 Å². The van der Waals surface area contributed by atoms with Crippen LogP contribution in [0.15, 0.2) is 29.2 Å². The molecular weight excluding hydrogens is 300 g/mol. The smallest absolute Gasteiger partial charge is 0.151 e. The summed E-state index contributed by atoms with van der Waals surface area (Å²) in [6, 6.07) is 7.81. The summed E-state index contributed by atoms with van der Waals surface area (Å²) in [4.78, 5) is 36.3. The molecule has 0 spiro atoms. The van der Waals surface area contributed by atoms with Gasteiger partial charge in [0.15, 0.2) is 11.6 Å². The average molecular weight is 320 g/mol. The molecule has 1 aromatic rings. The lowest BCUT2D eigenvalue weighted by molar-refractivity contribution is -0.142. The normalized spacial score (nSPS) is 21.7. The number of benzene rings is 1. The van der Waals surface area contributed by atoms with Crippen molar-refractivity contribution in [3.8, 4) is 5.75 Å². The molecule has 0 N–H and O–H groups in total. The van der Waals surface area contributed by atoms with Crippen molar-refractivity contribution < 1.29 is 19.1 Å². The Labute approximate surface area is 134 Å². The molecule has 0 saturated heterocycles. The van der Waals surface area contributed by atoms with Gasteiger partial charge in [0.05, 0.1) is 7.11 Å². The van der Waals surface area contributed by atoms with Crippen LogP contribution in [0.1, 0.15) is 26.2 Å². The van der Waals surface area contributed by atoms with Gasteiger partial charge in [-0.3, -0.25) is 14.4 Å². The minimum atomic E-state index is -0.995. The molecule has 0 atom stereocenters. The zero-order valence-corrected chi connectivity index (χ0v) is 13.7. The van der Waals surface area contributed by atoms with E-state index in [1.165, 1.54) is 6.92 Å². The second-order valence-electron chi connectivity index (χ2n) is 5.56. The van der Waals surface area contributed by atoms with Crippen molar-refractivity contribution in [2.75, 3.05) is 12.9 Å². The van der Waals surface area contributed by atoms with E-state index in [9.17, 15) is 14.4 Å². The predicted octanol–water partition coefficient (Wildman–Crippen LogP) is 2.93. The Morgan fingerprint density at radius 2 is 1.77 bits per heavy atom. The van der Waals surface area contributed by atoms with Gasteiger partial charge in [0, 0.05) is 17.7 Å². The number of ketones is 3. The Bertz CT molecular complexity index is 547. The van der Waals surface area contributed by atoms with Gasteiger partial charge < -0.3 is 4.74 Å². The highest BCUT2D eigenvalue weighted by Crippen LogP contribution is 2.29. The molecule has 2 rings (SSSR count). The maximum absolute atomic E-state index is 11.9. The van der Waals surface area contributed by atoms with Crippen LogP contribution in [-0.4, -0.2) is 30.2 Å². The van der Waals surface area contributed by atoms with Crippen molar-refractivity contribution in [2.45, 2.75) is 31.1 Å². The predicted molar refractivity (Wildman–Crippen MR) is 85.2 cm³/mol. The van der Waals surface area contributed by atoms with Crippen molar-refractivity contribution in [1.29, 1.82) is 0 Å². The zero-order chi connectivity index (χ0) is 16.1. The molecule has 4 nitrogen and oxygen atoms in total. The van der Waals surface area contributed by atoms with Gasteiger partial charge >= 0.3 is 0 Å². The fourth-order valence-electron chi connectivity index (χ4n) is 2.73. The summed E-state index contributed by atoms with van der Waals surface area (Å²) in [5.74, 6) is 0.0184. The lowest BCUT2D eigenvalue weighted by Gasteiger charge is -2.24. The Balaban J connectivity index is 1.81. The first kappa shape index (κ1) is 16.7. The average Bonchev–Trinajstić information content (AvgIpc) is 2.47. The summed E-state index contributed by atoms with van der Waals surface area (Å²) in [5, 5.41) is 0. The molecule has 0 aromatic heterocycles. The van der Waals surface area contributed by atoms with Gasteiger partial charge in [-0.2, -0.15) is 0 Å². The highest BCUT2D eigenvalue weighted by molar-refractivity contribution is 7.99. The molecule has 118 valence electrons. The van der Waals surface area contributed by atoms with Crippen LogP contribution in [0.4, 0.5) is 0 Å². The molecule has 0 radical (unpaired) electrons. The molecule has 0 unspecified atom stereocenters. The number of hydrogen-bond donors (Lipinski definition) is 0. The summed E-state index contributed by atoms with van der Waals surface area (Å²) < 4.78 is 5.11. The molecule has 22 heavy (non-hydrogen) atoms. The fraction of sp³-hybridized carbons (Fsp3) is 0.471. The number of thioether (sulfide) groups is 1. The van der Waals surface area contributed by atoms with E-state index >= 15 is 0 Å². The molecule has 0 bridgehead atoms. The van der Waals surface area contributed by atoms with Crippen molar-refractivity contribution in [3.05, 3.63) is 24.3 Å². The maximum Gasteiger partial charge on any atom is 0.151 e. The van der Waals surface area contributed by atoms with Gasteiger partial charge in [-0.1, -0.05) is 0 Å². The molecule has 1 saturated carbocycles. The number of ether oxygens (including phenoxy) is 1. The number of Topliss-reactive ketones (excluding diaryl/α,β-unsaturated/α-hetero) is 3. The Morgan fingerprint density at radius 3 is 2.27 bits per heavy atom. The van der Waals surface area contributed by atoms with Crippen LogP contribution in [0.25, 0.3) is 0 Å². The molecule has 0 heterocycles. The number of carbonyl (C=O) groups is 3. The van der Waals surface area contributed by atoms with Gasteiger partial charge in [-0.05, 0) is 49.3 Å². The van der Waals surface area contributed by atoms with Gasteiger partial charge in [-0.15, -0.1) is 11.8 Å². The fourth-order valence-corrected chi connectivity index (χ4v) is 3.74. The lowest BCUT2D eigenvalue weighted by atomic mass is 9.77.